The molecule has 0 aromatic carbocycles. The Bertz CT molecular complexity index is 473. The van der Waals surface area contributed by atoms with E-state index in [-0.39, 0.29) is 23.6 Å². The van der Waals surface area contributed by atoms with E-state index in [9.17, 15) is 18.4 Å². The molecule has 0 aliphatic carbocycles. The third-order valence-electron chi connectivity index (χ3n) is 1.96. The fraction of sp³-hybridized carbons (Fsp3) is 0.400. The van der Waals surface area contributed by atoms with E-state index in [0.29, 0.717) is 0 Å². The SMILES string of the molecule is CCOC(=O)Cc1cc(Cl)c(C(F)F)[nH]c1=O. The van der Waals surface area contributed by atoms with Crippen molar-refractivity contribution in [3.63, 3.8) is 0 Å². The van der Waals surface area contributed by atoms with Gasteiger partial charge in [-0.25, -0.2) is 8.78 Å². The summed E-state index contributed by atoms with van der Waals surface area (Å²) in [5, 5.41) is -0.279. The van der Waals surface area contributed by atoms with Gasteiger partial charge in [0.05, 0.1) is 18.1 Å². The number of esters is 1. The molecule has 7 heteroatoms. The van der Waals surface area contributed by atoms with Crippen LogP contribution in [-0.4, -0.2) is 17.6 Å². The van der Waals surface area contributed by atoms with Crippen LogP contribution in [0.3, 0.4) is 0 Å². The zero-order chi connectivity index (χ0) is 13.0. The summed E-state index contributed by atoms with van der Waals surface area (Å²) in [6.07, 6.45) is -3.17. The standard InChI is InChI=1S/C10H10ClF2NO3/c1-2-17-7(15)4-5-3-6(11)8(9(12)13)14-10(5)16/h3,9H,2,4H2,1H3,(H,14,16). The van der Waals surface area contributed by atoms with Crippen LogP contribution in [0.2, 0.25) is 5.02 Å². The van der Waals surface area contributed by atoms with E-state index in [1.165, 1.54) is 0 Å². The Kier molecular flexibility index (Phi) is 4.62. The lowest BCUT2D eigenvalue weighted by Gasteiger charge is -2.05. The molecule has 0 aliphatic heterocycles. The van der Waals surface area contributed by atoms with E-state index < -0.39 is 23.6 Å². The van der Waals surface area contributed by atoms with Gasteiger partial charge >= 0.3 is 5.97 Å². The molecule has 17 heavy (non-hydrogen) atoms. The second-order valence-corrected chi connectivity index (χ2v) is 3.58. The van der Waals surface area contributed by atoms with Gasteiger partial charge in [-0.05, 0) is 13.0 Å². The van der Waals surface area contributed by atoms with Crippen LogP contribution in [0.1, 0.15) is 24.6 Å². The molecule has 1 aromatic rings. The van der Waals surface area contributed by atoms with Gasteiger partial charge < -0.3 is 9.72 Å². The predicted molar refractivity (Wildman–Crippen MR) is 57.4 cm³/mol. The average Bonchev–Trinajstić information content (AvgIpc) is 2.22. The quantitative estimate of drug-likeness (QED) is 0.848. The lowest BCUT2D eigenvalue weighted by molar-refractivity contribution is -0.142. The second-order valence-electron chi connectivity index (χ2n) is 3.17. The minimum Gasteiger partial charge on any atom is -0.466 e. The monoisotopic (exact) mass is 265 g/mol. The molecule has 0 spiro atoms. The Balaban J connectivity index is 3.00. The topological polar surface area (TPSA) is 59.2 Å². The molecule has 0 unspecified atom stereocenters. The third-order valence-corrected chi connectivity index (χ3v) is 2.27. The number of carbonyl (C=O) groups is 1. The van der Waals surface area contributed by atoms with Crippen molar-refractivity contribution in [1.82, 2.24) is 4.98 Å². The molecule has 0 fully saturated rings. The van der Waals surface area contributed by atoms with Gasteiger partial charge in [-0.15, -0.1) is 0 Å². The maximum atomic E-state index is 12.4. The lowest BCUT2D eigenvalue weighted by Crippen LogP contribution is -2.19. The smallest absolute Gasteiger partial charge is 0.310 e. The first-order valence-corrected chi connectivity index (χ1v) is 5.18. The molecule has 1 rings (SSSR count). The molecule has 0 radical (unpaired) electrons. The summed E-state index contributed by atoms with van der Waals surface area (Å²) >= 11 is 5.55. The lowest BCUT2D eigenvalue weighted by atomic mass is 10.2. The molecule has 1 aromatic heterocycles. The van der Waals surface area contributed by atoms with Gasteiger partial charge in [0, 0.05) is 5.56 Å². The Morgan fingerprint density at radius 1 is 1.59 bits per heavy atom. The van der Waals surface area contributed by atoms with Gasteiger partial charge in [0.15, 0.2) is 0 Å². The van der Waals surface area contributed by atoms with Crippen molar-refractivity contribution in [2.75, 3.05) is 6.61 Å². The third kappa shape index (κ3) is 3.52. The molecule has 0 aliphatic rings. The molecule has 1 N–H and O–H groups in total. The number of alkyl halides is 2. The van der Waals surface area contributed by atoms with Crippen molar-refractivity contribution in [3.8, 4) is 0 Å². The van der Waals surface area contributed by atoms with Gasteiger partial charge in [-0.1, -0.05) is 11.6 Å². The van der Waals surface area contributed by atoms with Crippen molar-refractivity contribution < 1.29 is 18.3 Å². The number of carbonyl (C=O) groups excluding carboxylic acids is 1. The van der Waals surface area contributed by atoms with Crippen molar-refractivity contribution >= 4 is 17.6 Å². The summed E-state index contributed by atoms with van der Waals surface area (Å²) in [5.41, 5.74) is -1.42. The van der Waals surface area contributed by atoms with E-state index in [0.717, 1.165) is 6.07 Å². The average molecular weight is 266 g/mol. The van der Waals surface area contributed by atoms with E-state index in [1.807, 2.05) is 4.98 Å². The zero-order valence-corrected chi connectivity index (χ0v) is 9.68. The molecule has 0 atom stereocenters. The van der Waals surface area contributed by atoms with Crippen LogP contribution in [0.4, 0.5) is 8.78 Å². The summed E-state index contributed by atoms with van der Waals surface area (Å²) in [7, 11) is 0. The van der Waals surface area contributed by atoms with Gasteiger partial charge in [0.1, 0.15) is 5.69 Å². The fourth-order valence-corrected chi connectivity index (χ4v) is 1.48. The minimum absolute atomic E-state index is 0.00199. The number of hydrogen-bond donors (Lipinski definition) is 1. The maximum Gasteiger partial charge on any atom is 0.310 e. The second kappa shape index (κ2) is 5.77. The number of aromatic nitrogens is 1. The summed E-state index contributed by atoms with van der Waals surface area (Å²) in [6.45, 7) is 1.80. The first-order valence-electron chi connectivity index (χ1n) is 4.81. The minimum atomic E-state index is -2.87. The van der Waals surface area contributed by atoms with Gasteiger partial charge in [0.2, 0.25) is 0 Å². The molecular formula is C10H10ClF2NO3. The molecule has 0 saturated heterocycles. The first-order chi connectivity index (χ1) is 7.95. The summed E-state index contributed by atoms with van der Waals surface area (Å²) in [4.78, 5) is 24.5. The number of ether oxygens (including phenoxy) is 1. The van der Waals surface area contributed by atoms with E-state index >= 15 is 0 Å². The number of hydrogen-bond acceptors (Lipinski definition) is 3. The van der Waals surface area contributed by atoms with Gasteiger partial charge in [-0.2, -0.15) is 0 Å². The van der Waals surface area contributed by atoms with Crippen LogP contribution in [-0.2, 0) is 16.0 Å². The Morgan fingerprint density at radius 2 is 2.24 bits per heavy atom. The number of rotatable bonds is 4. The molecule has 0 saturated carbocycles. The number of nitrogens with one attached hydrogen (secondary N) is 1. The van der Waals surface area contributed by atoms with Crippen LogP contribution in [0.15, 0.2) is 10.9 Å². The Hall–Kier alpha value is -1.43. The molecule has 1 heterocycles. The molecule has 94 valence electrons. The van der Waals surface area contributed by atoms with Crippen LogP contribution in [0, 0.1) is 0 Å². The van der Waals surface area contributed by atoms with Crippen LogP contribution >= 0.6 is 11.6 Å². The summed E-state index contributed by atoms with van der Waals surface area (Å²) in [6, 6.07) is 1.05. The van der Waals surface area contributed by atoms with Crippen molar-refractivity contribution in [1.29, 1.82) is 0 Å². The molecular weight excluding hydrogens is 256 g/mol. The van der Waals surface area contributed by atoms with Crippen molar-refractivity contribution in [3.05, 3.63) is 32.7 Å². The number of H-pyrrole nitrogens is 1. The normalized spacial score (nSPS) is 10.6. The molecule has 0 bridgehead atoms. The molecule has 0 amide bonds. The predicted octanol–water partition coefficient (Wildman–Crippen LogP) is 2.07. The Morgan fingerprint density at radius 3 is 2.76 bits per heavy atom. The highest BCUT2D eigenvalue weighted by Gasteiger charge is 2.16. The zero-order valence-electron chi connectivity index (χ0n) is 8.93. The highest BCUT2D eigenvalue weighted by Crippen LogP contribution is 2.23. The van der Waals surface area contributed by atoms with Crippen LogP contribution in [0.25, 0.3) is 0 Å². The molecule has 4 nitrogen and oxygen atoms in total. The van der Waals surface area contributed by atoms with E-state index in [2.05, 4.69) is 4.74 Å². The van der Waals surface area contributed by atoms with Crippen molar-refractivity contribution in [2.45, 2.75) is 19.8 Å². The van der Waals surface area contributed by atoms with Gasteiger partial charge in [-0.3, -0.25) is 9.59 Å². The van der Waals surface area contributed by atoms with Crippen LogP contribution < -0.4 is 5.56 Å². The maximum absolute atomic E-state index is 12.4. The highest BCUT2D eigenvalue weighted by molar-refractivity contribution is 6.31. The Labute approximate surface area is 101 Å². The number of aromatic amines is 1. The fourth-order valence-electron chi connectivity index (χ4n) is 1.22. The van der Waals surface area contributed by atoms with E-state index in [1.54, 1.807) is 6.92 Å². The van der Waals surface area contributed by atoms with E-state index in [4.69, 9.17) is 11.6 Å². The van der Waals surface area contributed by atoms with Crippen LogP contribution in [0.5, 0.6) is 0 Å². The van der Waals surface area contributed by atoms with Gasteiger partial charge in [0.25, 0.3) is 12.0 Å². The summed E-state index contributed by atoms with van der Waals surface area (Å²) in [5.74, 6) is -0.612. The number of pyridine rings is 1. The summed E-state index contributed by atoms with van der Waals surface area (Å²) < 4.78 is 29.4. The van der Waals surface area contributed by atoms with Crippen molar-refractivity contribution in [2.24, 2.45) is 0 Å². The largest absolute Gasteiger partial charge is 0.466 e. The highest BCUT2D eigenvalue weighted by atomic mass is 35.5. The number of halogens is 3. The first kappa shape index (κ1) is 13.6.